The number of halogens is 1. The SMILES string of the molecule is O=[N+]([O-])c1ccc(NC2CCCOC2)c(F)c1. The number of rotatable bonds is 3. The van der Waals surface area contributed by atoms with Crippen molar-refractivity contribution in [3.63, 3.8) is 0 Å². The molecule has 1 saturated heterocycles. The van der Waals surface area contributed by atoms with E-state index in [4.69, 9.17) is 4.74 Å². The minimum absolute atomic E-state index is 0.0692. The molecule has 1 heterocycles. The van der Waals surface area contributed by atoms with Crippen LogP contribution in [0.5, 0.6) is 0 Å². The fourth-order valence-corrected chi connectivity index (χ4v) is 1.81. The molecule has 5 nitrogen and oxygen atoms in total. The summed E-state index contributed by atoms with van der Waals surface area (Å²) in [6.45, 7) is 1.28. The topological polar surface area (TPSA) is 64.4 Å². The normalized spacial score (nSPS) is 19.9. The average Bonchev–Trinajstić information content (AvgIpc) is 2.33. The van der Waals surface area contributed by atoms with E-state index in [2.05, 4.69) is 5.32 Å². The third-order valence-electron chi connectivity index (χ3n) is 2.68. The van der Waals surface area contributed by atoms with Crippen molar-refractivity contribution in [2.45, 2.75) is 18.9 Å². The van der Waals surface area contributed by atoms with E-state index in [-0.39, 0.29) is 17.4 Å². The Hall–Kier alpha value is -1.69. The highest BCUT2D eigenvalue weighted by atomic mass is 19.1. The minimum Gasteiger partial charge on any atom is -0.379 e. The van der Waals surface area contributed by atoms with Gasteiger partial charge in [0.15, 0.2) is 5.82 Å². The molecule has 0 aliphatic carbocycles. The molecule has 0 amide bonds. The Morgan fingerprint density at radius 1 is 1.53 bits per heavy atom. The maximum Gasteiger partial charge on any atom is 0.272 e. The number of benzene rings is 1. The molecule has 0 bridgehead atoms. The summed E-state index contributed by atoms with van der Waals surface area (Å²) in [5, 5.41) is 13.4. The highest BCUT2D eigenvalue weighted by Gasteiger charge is 2.16. The monoisotopic (exact) mass is 240 g/mol. The van der Waals surface area contributed by atoms with Gasteiger partial charge in [0.1, 0.15) is 0 Å². The zero-order chi connectivity index (χ0) is 12.3. The summed E-state index contributed by atoms with van der Waals surface area (Å²) in [5.41, 5.74) is 0.0408. The third kappa shape index (κ3) is 2.91. The van der Waals surface area contributed by atoms with Gasteiger partial charge in [-0.2, -0.15) is 0 Å². The van der Waals surface area contributed by atoms with Crippen molar-refractivity contribution in [2.24, 2.45) is 0 Å². The summed E-state index contributed by atoms with van der Waals surface area (Å²) in [5.74, 6) is -0.607. The number of nitrogens with zero attached hydrogens (tertiary/aromatic N) is 1. The van der Waals surface area contributed by atoms with Gasteiger partial charge in [-0.3, -0.25) is 10.1 Å². The van der Waals surface area contributed by atoms with Gasteiger partial charge in [0.25, 0.3) is 5.69 Å². The molecule has 1 fully saturated rings. The number of ether oxygens (including phenoxy) is 1. The van der Waals surface area contributed by atoms with E-state index in [0.29, 0.717) is 6.61 Å². The maximum atomic E-state index is 13.6. The van der Waals surface area contributed by atoms with Crippen LogP contribution < -0.4 is 5.32 Å². The summed E-state index contributed by atoms with van der Waals surface area (Å²) < 4.78 is 18.8. The Morgan fingerprint density at radius 2 is 2.35 bits per heavy atom. The third-order valence-corrected chi connectivity index (χ3v) is 2.68. The van der Waals surface area contributed by atoms with Gasteiger partial charge in [-0.25, -0.2) is 4.39 Å². The van der Waals surface area contributed by atoms with Crippen molar-refractivity contribution >= 4 is 11.4 Å². The molecule has 17 heavy (non-hydrogen) atoms. The molecule has 0 saturated carbocycles. The first-order valence-corrected chi connectivity index (χ1v) is 5.45. The van der Waals surface area contributed by atoms with E-state index in [1.165, 1.54) is 12.1 Å². The van der Waals surface area contributed by atoms with Crippen molar-refractivity contribution in [3.05, 3.63) is 34.1 Å². The van der Waals surface area contributed by atoms with Crippen molar-refractivity contribution in [2.75, 3.05) is 18.5 Å². The van der Waals surface area contributed by atoms with Crippen molar-refractivity contribution in [3.8, 4) is 0 Å². The van der Waals surface area contributed by atoms with E-state index in [1.54, 1.807) is 0 Å². The van der Waals surface area contributed by atoms with Crippen LogP contribution in [0.3, 0.4) is 0 Å². The Balaban J connectivity index is 2.08. The van der Waals surface area contributed by atoms with Gasteiger partial charge in [0.2, 0.25) is 0 Å². The van der Waals surface area contributed by atoms with E-state index >= 15 is 0 Å². The highest BCUT2D eigenvalue weighted by Crippen LogP contribution is 2.22. The zero-order valence-corrected chi connectivity index (χ0v) is 9.19. The molecule has 1 unspecified atom stereocenters. The average molecular weight is 240 g/mol. The summed E-state index contributed by atoms with van der Waals surface area (Å²) in [4.78, 5) is 9.84. The number of hydrogen-bond donors (Lipinski definition) is 1. The van der Waals surface area contributed by atoms with Gasteiger partial charge >= 0.3 is 0 Å². The number of nitro benzene ring substituents is 1. The molecule has 92 valence electrons. The molecule has 0 aromatic heterocycles. The van der Waals surface area contributed by atoms with E-state index in [9.17, 15) is 14.5 Å². The number of non-ortho nitro benzene ring substituents is 1. The standard InChI is InChI=1S/C11H13FN2O3/c12-10-6-9(14(15)16)3-4-11(10)13-8-2-1-5-17-7-8/h3-4,6,8,13H,1-2,5,7H2. The lowest BCUT2D eigenvalue weighted by Crippen LogP contribution is -2.30. The number of nitrogens with one attached hydrogen (secondary N) is 1. The van der Waals surface area contributed by atoms with Crippen LogP contribution in [0.25, 0.3) is 0 Å². The van der Waals surface area contributed by atoms with Crippen LogP contribution in [0.4, 0.5) is 15.8 Å². The van der Waals surface area contributed by atoms with Gasteiger partial charge in [0.05, 0.1) is 23.3 Å². The summed E-state index contributed by atoms with van der Waals surface area (Å²) in [6.07, 6.45) is 1.85. The first kappa shape index (κ1) is 11.8. The lowest BCUT2D eigenvalue weighted by Gasteiger charge is -2.24. The second-order valence-electron chi connectivity index (χ2n) is 3.98. The first-order valence-electron chi connectivity index (χ1n) is 5.45. The van der Waals surface area contributed by atoms with Gasteiger partial charge in [-0.1, -0.05) is 0 Å². The van der Waals surface area contributed by atoms with Gasteiger partial charge in [0, 0.05) is 18.7 Å². The van der Waals surface area contributed by atoms with Crippen LogP contribution in [0, 0.1) is 15.9 Å². The van der Waals surface area contributed by atoms with Crippen LogP contribution in [-0.4, -0.2) is 24.2 Å². The van der Waals surface area contributed by atoms with E-state index < -0.39 is 10.7 Å². The van der Waals surface area contributed by atoms with Crippen LogP contribution in [0.15, 0.2) is 18.2 Å². The van der Waals surface area contributed by atoms with Crippen molar-refractivity contribution < 1.29 is 14.1 Å². The lowest BCUT2D eigenvalue weighted by atomic mass is 10.1. The van der Waals surface area contributed by atoms with Gasteiger partial charge in [-0.05, 0) is 18.9 Å². The molecule has 1 N–H and O–H groups in total. The van der Waals surface area contributed by atoms with Crippen LogP contribution in [0.2, 0.25) is 0 Å². The van der Waals surface area contributed by atoms with Crippen molar-refractivity contribution in [1.82, 2.24) is 0 Å². The Morgan fingerprint density at radius 3 is 2.94 bits per heavy atom. The van der Waals surface area contributed by atoms with Crippen LogP contribution in [-0.2, 0) is 4.74 Å². The Kier molecular flexibility index (Phi) is 3.53. The largest absolute Gasteiger partial charge is 0.379 e. The number of anilines is 1. The highest BCUT2D eigenvalue weighted by molar-refractivity contribution is 5.50. The van der Waals surface area contributed by atoms with E-state index in [0.717, 1.165) is 25.5 Å². The summed E-state index contributed by atoms with van der Waals surface area (Å²) >= 11 is 0. The predicted molar refractivity (Wildman–Crippen MR) is 60.5 cm³/mol. The second kappa shape index (κ2) is 5.09. The molecular weight excluding hydrogens is 227 g/mol. The molecule has 0 spiro atoms. The fourth-order valence-electron chi connectivity index (χ4n) is 1.81. The second-order valence-corrected chi connectivity index (χ2v) is 3.98. The van der Waals surface area contributed by atoms with Gasteiger partial charge < -0.3 is 10.1 Å². The molecule has 0 radical (unpaired) electrons. The zero-order valence-electron chi connectivity index (χ0n) is 9.19. The smallest absolute Gasteiger partial charge is 0.272 e. The quantitative estimate of drug-likeness (QED) is 0.650. The summed E-state index contributed by atoms with van der Waals surface area (Å²) in [7, 11) is 0. The first-order chi connectivity index (χ1) is 8.16. The van der Waals surface area contributed by atoms with Crippen LogP contribution >= 0.6 is 0 Å². The molecule has 1 aliphatic heterocycles. The maximum absolute atomic E-state index is 13.6. The molecule has 1 aliphatic rings. The molecule has 6 heteroatoms. The molecular formula is C11H13FN2O3. The Bertz CT molecular complexity index is 419. The Labute approximate surface area is 97.7 Å². The van der Waals surface area contributed by atoms with E-state index in [1.807, 2.05) is 0 Å². The lowest BCUT2D eigenvalue weighted by molar-refractivity contribution is -0.385. The van der Waals surface area contributed by atoms with Crippen LogP contribution in [0.1, 0.15) is 12.8 Å². The summed E-state index contributed by atoms with van der Waals surface area (Å²) in [6, 6.07) is 3.67. The number of nitro groups is 1. The number of hydrogen-bond acceptors (Lipinski definition) is 4. The molecule has 1 aromatic rings. The predicted octanol–water partition coefficient (Wildman–Crippen LogP) is 2.32. The fraction of sp³-hybridized carbons (Fsp3) is 0.455. The minimum atomic E-state index is -0.615. The molecule has 1 aromatic carbocycles. The van der Waals surface area contributed by atoms with Gasteiger partial charge in [-0.15, -0.1) is 0 Å². The molecule has 2 rings (SSSR count). The molecule has 1 atom stereocenters. The van der Waals surface area contributed by atoms with Crippen molar-refractivity contribution in [1.29, 1.82) is 0 Å².